The highest BCUT2D eigenvalue weighted by molar-refractivity contribution is 9.10. The fourth-order valence-corrected chi connectivity index (χ4v) is 5.55. The maximum absolute atomic E-state index is 12.7. The number of nitrogens with zero attached hydrogens (tertiary/aromatic N) is 1. The number of nitrogens with one attached hydrogen (secondary N) is 1. The van der Waals surface area contributed by atoms with Gasteiger partial charge in [-0.3, -0.25) is 4.79 Å². The molecule has 0 atom stereocenters. The summed E-state index contributed by atoms with van der Waals surface area (Å²) in [5, 5.41) is 3.65. The van der Waals surface area contributed by atoms with Crippen molar-refractivity contribution < 1.29 is 13.2 Å². The zero-order chi connectivity index (χ0) is 21.2. The second kappa shape index (κ2) is 9.54. The summed E-state index contributed by atoms with van der Waals surface area (Å²) in [6.45, 7) is 0.595. The van der Waals surface area contributed by atoms with Crippen LogP contribution in [0.25, 0.3) is 0 Å². The lowest BCUT2D eigenvalue weighted by Gasteiger charge is -2.30. The molecule has 1 saturated heterocycles. The van der Waals surface area contributed by atoms with Crippen molar-refractivity contribution in [1.82, 2.24) is 4.31 Å². The molecule has 1 amide bonds. The van der Waals surface area contributed by atoms with Crippen molar-refractivity contribution in [2.75, 3.05) is 18.4 Å². The lowest BCUT2D eigenvalue weighted by Crippen LogP contribution is -2.41. The molecule has 5 nitrogen and oxygen atoms in total. The first kappa shape index (κ1) is 22.8. The van der Waals surface area contributed by atoms with Crippen molar-refractivity contribution >= 4 is 72.4 Å². The van der Waals surface area contributed by atoms with Gasteiger partial charge in [-0.2, -0.15) is 0 Å². The van der Waals surface area contributed by atoms with Gasteiger partial charge < -0.3 is 5.32 Å². The normalized spacial score (nSPS) is 16.0. The topological polar surface area (TPSA) is 66.5 Å². The third kappa shape index (κ3) is 5.87. The molecule has 1 heterocycles. The van der Waals surface area contributed by atoms with Crippen LogP contribution < -0.4 is 5.32 Å². The van der Waals surface area contributed by atoms with Gasteiger partial charge in [0.25, 0.3) is 0 Å². The second-order valence-electron chi connectivity index (χ2n) is 6.79. The molecular weight excluding hydrogens is 523 g/mol. The van der Waals surface area contributed by atoms with E-state index in [1.165, 1.54) is 16.4 Å². The number of carbonyl (C=O) groups is 1. The van der Waals surface area contributed by atoms with Crippen LogP contribution in [0.3, 0.4) is 0 Å². The molecule has 2 aromatic rings. The van der Waals surface area contributed by atoms with Gasteiger partial charge in [0.15, 0.2) is 0 Å². The number of piperidine rings is 1. The van der Waals surface area contributed by atoms with Crippen molar-refractivity contribution in [3.8, 4) is 0 Å². The van der Waals surface area contributed by atoms with Gasteiger partial charge >= 0.3 is 0 Å². The van der Waals surface area contributed by atoms with Gasteiger partial charge in [-0.1, -0.05) is 62.9 Å². The lowest BCUT2D eigenvalue weighted by molar-refractivity contribution is -0.120. The van der Waals surface area contributed by atoms with E-state index in [0.717, 1.165) is 10.0 Å². The maximum Gasteiger partial charge on any atom is 0.227 e. The highest BCUT2D eigenvalue weighted by Gasteiger charge is 2.31. The summed E-state index contributed by atoms with van der Waals surface area (Å²) in [7, 11) is -3.44. The fraction of sp³-hybridized carbons (Fsp3) is 0.316. The largest absolute Gasteiger partial charge is 0.324 e. The van der Waals surface area contributed by atoms with Crippen LogP contribution >= 0.6 is 50.7 Å². The third-order valence-corrected chi connectivity index (χ3v) is 8.16. The van der Waals surface area contributed by atoms with E-state index in [1.807, 2.05) is 12.1 Å². The molecule has 0 radical (unpaired) electrons. The van der Waals surface area contributed by atoms with E-state index in [1.54, 1.807) is 12.1 Å². The number of benzene rings is 2. The average Bonchev–Trinajstić information content (AvgIpc) is 2.68. The van der Waals surface area contributed by atoms with Gasteiger partial charge in [0.2, 0.25) is 15.9 Å². The maximum atomic E-state index is 12.7. The fourth-order valence-electron chi connectivity index (χ4n) is 3.13. The standard InChI is InChI=1S/C19H18BrCl3N2O3S/c20-14-3-1-12(2-4-14)11-29(27,28)25-7-5-13(6-8-25)19(26)24-18-10-16(22)15(21)9-17(18)23/h1-4,9-10,13H,5-8,11H2,(H,24,26). The molecule has 0 aromatic heterocycles. The molecule has 0 bridgehead atoms. The van der Waals surface area contributed by atoms with Crippen molar-refractivity contribution in [1.29, 1.82) is 0 Å². The van der Waals surface area contributed by atoms with Gasteiger partial charge in [-0.25, -0.2) is 12.7 Å². The van der Waals surface area contributed by atoms with E-state index in [0.29, 0.717) is 46.7 Å². The summed E-state index contributed by atoms with van der Waals surface area (Å²) in [5.74, 6) is -0.578. The molecule has 0 aliphatic carbocycles. The van der Waals surface area contributed by atoms with E-state index in [4.69, 9.17) is 34.8 Å². The Kier molecular flexibility index (Phi) is 7.51. The minimum atomic E-state index is -3.44. The van der Waals surface area contributed by atoms with Crippen molar-refractivity contribution in [2.45, 2.75) is 18.6 Å². The van der Waals surface area contributed by atoms with Gasteiger partial charge in [0, 0.05) is 23.5 Å². The van der Waals surface area contributed by atoms with E-state index in [-0.39, 0.29) is 17.6 Å². The zero-order valence-electron chi connectivity index (χ0n) is 15.2. The number of sulfonamides is 1. The van der Waals surface area contributed by atoms with Gasteiger partial charge in [-0.05, 0) is 42.7 Å². The van der Waals surface area contributed by atoms with E-state index >= 15 is 0 Å². The van der Waals surface area contributed by atoms with Crippen LogP contribution in [-0.4, -0.2) is 31.7 Å². The number of carbonyl (C=O) groups excluding carboxylic acids is 1. The molecule has 0 unspecified atom stereocenters. The quantitative estimate of drug-likeness (QED) is 0.503. The number of anilines is 1. The Morgan fingerprint density at radius 2 is 1.62 bits per heavy atom. The van der Waals surface area contributed by atoms with Gasteiger partial charge in [-0.15, -0.1) is 0 Å². The Bertz CT molecular complexity index is 1010. The minimum absolute atomic E-state index is 0.0595. The first-order chi connectivity index (χ1) is 13.7. The van der Waals surface area contributed by atoms with Crippen molar-refractivity contribution in [2.24, 2.45) is 5.92 Å². The van der Waals surface area contributed by atoms with Crippen molar-refractivity contribution in [3.63, 3.8) is 0 Å². The van der Waals surface area contributed by atoms with Gasteiger partial charge in [0.05, 0.1) is 26.5 Å². The molecular formula is C19H18BrCl3N2O3S. The van der Waals surface area contributed by atoms with E-state index < -0.39 is 10.0 Å². The number of halogens is 4. The van der Waals surface area contributed by atoms with Crippen LogP contribution in [0.4, 0.5) is 5.69 Å². The molecule has 2 aromatic carbocycles. The molecule has 1 aliphatic rings. The summed E-state index contributed by atoms with van der Waals surface area (Å²) in [5.41, 5.74) is 1.11. The zero-order valence-corrected chi connectivity index (χ0v) is 19.8. The Hall–Kier alpha value is -0.830. The van der Waals surface area contributed by atoms with Gasteiger partial charge in [0.1, 0.15) is 0 Å². The molecule has 10 heteroatoms. The molecule has 0 spiro atoms. The molecule has 156 valence electrons. The summed E-state index contributed by atoms with van der Waals surface area (Å²) >= 11 is 21.3. The molecule has 29 heavy (non-hydrogen) atoms. The van der Waals surface area contributed by atoms with Crippen LogP contribution in [0.2, 0.25) is 15.1 Å². The Labute approximate surface area is 193 Å². The highest BCUT2D eigenvalue weighted by atomic mass is 79.9. The Morgan fingerprint density at radius 1 is 1.03 bits per heavy atom. The summed E-state index contributed by atoms with van der Waals surface area (Å²) in [4.78, 5) is 12.6. The number of rotatable bonds is 5. The first-order valence-corrected chi connectivity index (χ1v) is 12.4. The Balaban J connectivity index is 1.59. The Morgan fingerprint density at radius 3 is 2.24 bits per heavy atom. The number of amides is 1. The van der Waals surface area contributed by atoms with Crippen LogP contribution in [0.15, 0.2) is 40.9 Å². The van der Waals surface area contributed by atoms with Crippen molar-refractivity contribution in [3.05, 3.63) is 61.5 Å². The first-order valence-electron chi connectivity index (χ1n) is 8.83. The van der Waals surface area contributed by atoms with Crippen LogP contribution in [0.5, 0.6) is 0 Å². The molecule has 1 aliphatic heterocycles. The monoisotopic (exact) mass is 538 g/mol. The molecule has 0 saturated carbocycles. The third-order valence-electron chi connectivity index (χ3n) is 4.75. The number of hydrogen-bond donors (Lipinski definition) is 1. The highest BCUT2D eigenvalue weighted by Crippen LogP contribution is 2.33. The van der Waals surface area contributed by atoms with Crippen LogP contribution in [-0.2, 0) is 20.6 Å². The predicted octanol–water partition coefficient (Wildman–Crippen LogP) is 5.59. The summed E-state index contributed by atoms with van der Waals surface area (Å²) in [6.07, 6.45) is 0.870. The van der Waals surface area contributed by atoms with Crippen LogP contribution in [0, 0.1) is 5.92 Å². The SMILES string of the molecule is O=C(Nc1cc(Cl)c(Cl)cc1Cl)C1CCN(S(=O)(=O)Cc2ccc(Br)cc2)CC1. The molecule has 3 rings (SSSR count). The molecule has 1 fully saturated rings. The van der Waals surface area contributed by atoms with E-state index in [9.17, 15) is 13.2 Å². The molecule has 1 N–H and O–H groups in total. The summed E-state index contributed by atoms with van der Waals surface area (Å²) < 4.78 is 27.7. The van der Waals surface area contributed by atoms with Crippen LogP contribution in [0.1, 0.15) is 18.4 Å². The second-order valence-corrected chi connectivity index (χ2v) is 10.9. The van der Waals surface area contributed by atoms with E-state index in [2.05, 4.69) is 21.2 Å². The summed E-state index contributed by atoms with van der Waals surface area (Å²) in [6, 6.07) is 10.2. The number of hydrogen-bond acceptors (Lipinski definition) is 3. The predicted molar refractivity (Wildman–Crippen MR) is 121 cm³/mol. The average molecular weight is 541 g/mol. The minimum Gasteiger partial charge on any atom is -0.324 e. The lowest BCUT2D eigenvalue weighted by atomic mass is 9.97. The smallest absolute Gasteiger partial charge is 0.227 e.